The molecule has 3 heterocycles. The Balaban J connectivity index is 1.43. The highest BCUT2D eigenvalue weighted by Gasteiger charge is 2.41. The lowest BCUT2D eigenvalue weighted by Gasteiger charge is -2.49. The quantitative estimate of drug-likeness (QED) is 0.648. The number of carbonyl (C=O) groups is 2. The Morgan fingerprint density at radius 2 is 1.64 bits per heavy atom. The first-order valence-corrected chi connectivity index (χ1v) is 11.6. The third kappa shape index (κ3) is 5.30. The van der Waals surface area contributed by atoms with Gasteiger partial charge < -0.3 is 24.2 Å². The number of amides is 2. The minimum absolute atomic E-state index is 0.0610. The van der Waals surface area contributed by atoms with Crippen molar-refractivity contribution in [2.24, 2.45) is 5.92 Å². The normalized spacial score (nSPS) is 21.5. The van der Waals surface area contributed by atoms with E-state index in [0.717, 1.165) is 32.5 Å². The fourth-order valence-corrected chi connectivity index (χ4v) is 4.79. The fraction of sp³-hybridized carbons (Fsp3) is 0.462. The summed E-state index contributed by atoms with van der Waals surface area (Å²) in [6.07, 6.45) is 1.97. The van der Waals surface area contributed by atoms with E-state index in [-0.39, 0.29) is 24.1 Å². The van der Waals surface area contributed by atoms with Crippen molar-refractivity contribution < 1.29 is 19.1 Å². The number of ether oxygens (including phenoxy) is 2. The van der Waals surface area contributed by atoms with Gasteiger partial charge in [0.05, 0.1) is 6.04 Å². The van der Waals surface area contributed by atoms with Crippen molar-refractivity contribution in [3.05, 3.63) is 54.1 Å². The summed E-state index contributed by atoms with van der Waals surface area (Å²) in [6, 6.07) is 14.3. The highest BCUT2D eigenvalue weighted by molar-refractivity contribution is 5.93. The first kappa shape index (κ1) is 23.1. The molecular formula is C26H33N3O4. The summed E-state index contributed by atoms with van der Waals surface area (Å²) in [6.45, 7) is 7.28. The molecule has 1 unspecified atom stereocenters. The van der Waals surface area contributed by atoms with Crippen LogP contribution in [0.15, 0.2) is 48.5 Å². The fourth-order valence-electron chi connectivity index (χ4n) is 4.79. The van der Waals surface area contributed by atoms with Crippen LogP contribution in [0.4, 0.5) is 4.79 Å². The molecule has 3 fully saturated rings. The van der Waals surface area contributed by atoms with Gasteiger partial charge >= 0.3 is 6.09 Å². The summed E-state index contributed by atoms with van der Waals surface area (Å²) < 4.78 is 11.7. The highest BCUT2D eigenvalue weighted by Crippen LogP contribution is 2.33. The van der Waals surface area contributed by atoms with Gasteiger partial charge in [-0.3, -0.25) is 4.79 Å². The smallest absolute Gasteiger partial charge is 0.415 e. The van der Waals surface area contributed by atoms with Crippen molar-refractivity contribution in [2.75, 3.05) is 33.7 Å². The molecule has 3 saturated heterocycles. The molecule has 0 radical (unpaired) electrons. The molecule has 0 spiro atoms. The molecule has 0 aromatic heterocycles. The van der Waals surface area contributed by atoms with E-state index in [1.807, 2.05) is 24.8 Å². The maximum absolute atomic E-state index is 13.2. The van der Waals surface area contributed by atoms with E-state index in [9.17, 15) is 9.59 Å². The van der Waals surface area contributed by atoms with Crippen LogP contribution in [-0.4, -0.2) is 72.5 Å². The second kappa shape index (κ2) is 9.83. The first-order chi connectivity index (χ1) is 15.8. The molecule has 2 aromatic rings. The molecule has 7 nitrogen and oxygen atoms in total. The maximum atomic E-state index is 13.2. The van der Waals surface area contributed by atoms with E-state index in [1.54, 1.807) is 56.6 Å². The van der Waals surface area contributed by atoms with E-state index in [0.29, 0.717) is 28.7 Å². The molecule has 1 atom stereocenters. The number of nitrogens with zero attached hydrogens (tertiary/aromatic N) is 3. The lowest BCUT2D eigenvalue weighted by atomic mass is 9.83. The Labute approximate surface area is 195 Å². The van der Waals surface area contributed by atoms with Gasteiger partial charge in [0, 0.05) is 38.3 Å². The molecule has 3 aliphatic rings. The maximum Gasteiger partial charge on any atom is 0.415 e. The van der Waals surface area contributed by atoms with Crippen LogP contribution in [0.5, 0.6) is 17.2 Å². The number of piperidine rings is 3. The van der Waals surface area contributed by atoms with Gasteiger partial charge in [-0.2, -0.15) is 0 Å². The largest absolute Gasteiger partial charge is 0.457 e. The van der Waals surface area contributed by atoms with Gasteiger partial charge in [-0.05, 0) is 82.1 Å². The monoisotopic (exact) mass is 451 g/mol. The van der Waals surface area contributed by atoms with E-state index >= 15 is 0 Å². The molecule has 0 saturated carbocycles. The van der Waals surface area contributed by atoms with Crippen molar-refractivity contribution in [1.82, 2.24) is 14.7 Å². The van der Waals surface area contributed by atoms with E-state index in [2.05, 4.69) is 4.90 Å². The Kier molecular flexibility index (Phi) is 6.88. The minimum Gasteiger partial charge on any atom is -0.457 e. The molecule has 33 heavy (non-hydrogen) atoms. The van der Waals surface area contributed by atoms with Crippen LogP contribution >= 0.6 is 0 Å². The van der Waals surface area contributed by atoms with Crippen LogP contribution in [0.2, 0.25) is 0 Å². The molecule has 2 amide bonds. The standard InChI is InChI=1S/C26H33N3O4/c1-18(2)29(24-17-28-14-12-19(24)13-15-28)26(31)33-23-7-5-6-22(16-23)32-21-10-8-20(9-11-21)25(30)27(3)4/h5-11,16,18-19,24H,12-15,17H2,1-4H3. The third-order valence-corrected chi connectivity index (χ3v) is 6.50. The van der Waals surface area contributed by atoms with Crippen molar-refractivity contribution in [3.63, 3.8) is 0 Å². The van der Waals surface area contributed by atoms with Gasteiger partial charge in [0.2, 0.25) is 0 Å². The Bertz CT molecular complexity index is 981. The zero-order valence-electron chi connectivity index (χ0n) is 19.9. The summed E-state index contributed by atoms with van der Waals surface area (Å²) >= 11 is 0. The van der Waals surface area contributed by atoms with Gasteiger partial charge in [0.15, 0.2) is 0 Å². The first-order valence-electron chi connectivity index (χ1n) is 11.6. The molecule has 0 N–H and O–H groups in total. The second-order valence-electron chi connectivity index (χ2n) is 9.38. The zero-order valence-corrected chi connectivity index (χ0v) is 19.9. The highest BCUT2D eigenvalue weighted by atomic mass is 16.6. The molecule has 2 bridgehead atoms. The molecule has 5 rings (SSSR count). The summed E-state index contributed by atoms with van der Waals surface area (Å²) in [4.78, 5) is 31.1. The van der Waals surface area contributed by atoms with Crippen LogP contribution in [0.1, 0.15) is 37.0 Å². The van der Waals surface area contributed by atoms with Gasteiger partial charge in [-0.25, -0.2) is 4.79 Å². The second-order valence-corrected chi connectivity index (χ2v) is 9.38. The van der Waals surface area contributed by atoms with Gasteiger partial charge in [0.25, 0.3) is 5.91 Å². The zero-order chi connectivity index (χ0) is 23.5. The Hall–Kier alpha value is -3.06. The lowest BCUT2D eigenvalue weighted by molar-refractivity contribution is 0.00132. The van der Waals surface area contributed by atoms with Gasteiger partial charge in [0.1, 0.15) is 17.2 Å². The molecule has 176 valence electrons. The SMILES string of the molecule is CC(C)N(C(=O)Oc1cccc(Oc2ccc(C(=O)N(C)C)cc2)c1)C1CN2CCC1CC2. The van der Waals surface area contributed by atoms with Crippen LogP contribution in [-0.2, 0) is 0 Å². The summed E-state index contributed by atoms with van der Waals surface area (Å²) in [5, 5.41) is 0. The average molecular weight is 452 g/mol. The summed E-state index contributed by atoms with van der Waals surface area (Å²) in [7, 11) is 3.44. The predicted molar refractivity (Wildman–Crippen MR) is 127 cm³/mol. The van der Waals surface area contributed by atoms with E-state index in [1.165, 1.54) is 4.90 Å². The predicted octanol–water partition coefficient (Wildman–Crippen LogP) is 4.48. The Morgan fingerprint density at radius 1 is 0.970 bits per heavy atom. The van der Waals surface area contributed by atoms with Crippen molar-refractivity contribution >= 4 is 12.0 Å². The molecule has 7 heteroatoms. The number of carbonyl (C=O) groups excluding carboxylic acids is 2. The summed E-state index contributed by atoms with van der Waals surface area (Å²) in [5.41, 5.74) is 0.594. The molecule has 2 aromatic carbocycles. The number of hydrogen-bond donors (Lipinski definition) is 0. The lowest BCUT2D eigenvalue weighted by Crippen LogP contribution is -2.60. The number of rotatable bonds is 6. The van der Waals surface area contributed by atoms with Gasteiger partial charge in [-0.15, -0.1) is 0 Å². The van der Waals surface area contributed by atoms with Crippen molar-refractivity contribution in [1.29, 1.82) is 0 Å². The Morgan fingerprint density at radius 3 is 2.21 bits per heavy atom. The van der Waals surface area contributed by atoms with E-state index in [4.69, 9.17) is 9.47 Å². The number of benzene rings is 2. The third-order valence-electron chi connectivity index (χ3n) is 6.50. The van der Waals surface area contributed by atoms with E-state index < -0.39 is 0 Å². The number of fused-ring (bicyclic) bond motifs is 3. The average Bonchev–Trinajstić information content (AvgIpc) is 2.80. The minimum atomic E-state index is -0.313. The van der Waals surface area contributed by atoms with Crippen LogP contribution < -0.4 is 9.47 Å². The summed E-state index contributed by atoms with van der Waals surface area (Å²) in [5.74, 6) is 2.09. The van der Waals surface area contributed by atoms with Crippen molar-refractivity contribution in [2.45, 2.75) is 38.8 Å². The van der Waals surface area contributed by atoms with Crippen LogP contribution in [0.3, 0.4) is 0 Å². The number of hydrogen-bond acceptors (Lipinski definition) is 5. The topological polar surface area (TPSA) is 62.3 Å². The van der Waals surface area contributed by atoms with Crippen LogP contribution in [0.25, 0.3) is 0 Å². The molecule has 3 aliphatic heterocycles. The molecular weight excluding hydrogens is 418 g/mol. The van der Waals surface area contributed by atoms with Crippen LogP contribution in [0, 0.1) is 5.92 Å². The molecule has 0 aliphatic carbocycles. The van der Waals surface area contributed by atoms with Crippen molar-refractivity contribution in [3.8, 4) is 17.2 Å². The van der Waals surface area contributed by atoms with Gasteiger partial charge in [-0.1, -0.05) is 6.07 Å².